The summed E-state index contributed by atoms with van der Waals surface area (Å²) < 4.78 is 44.1. The summed E-state index contributed by atoms with van der Waals surface area (Å²) in [5, 5.41) is 0.960. The van der Waals surface area contributed by atoms with Crippen molar-refractivity contribution >= 4 is 15.9 Å². The molecule has 0 aliphatic carbocycles. The van der Waals surface area contributed by atoms with E-state index in [9.17, 15) is 13.2 Å². The van der Waals surface area contributed by atoms with Gasteiger partial charge in [0, 0.05) is 18.3 Å². The lowest BCUT2D eigenvalue weighted by Gasteiger charge is -2.23. The van der Waals surface area contributed by atoms with Crippen molar-refractivity contribution in [1.82, 2.24) is 4.90 Å². The Balaban J connectivity index is 2.06. The topological polar surface area (TPSA) is 12.5 Å². The molecule has 0 spiro atoms. The van der Waals surface area contributed by atoms with Crippen LogP contribution in [0.2, 0.25) is 0 Å². The van der Waals surface area contributed by atoms with Crippen LogP contribution in [0, 0.1) is 0 Å². The molecule has 0 saturated heterocycles. The summed E-state index contributed by atoms with van der Waals surface area (Å²) in [6.07, 6.45) is -2.73. The van der Waals surface area contributed by atoms with Crippen LogP contribution in [0.5, 0.6) is 5.75 Å². The second-order valence-electron chi connectivity index (χ2n) is 6.17. The van der Waals surface area contributed by atoms with Gasteiger partial charge in [-0.2, -0.15) is 13.2 Å². The van der Waals surface area contributed by atoms with E-state index in [0.29, 0.717) is 5.75 Å². The molecular formula is C20H23BrF3NO. The van der Waals surface area contributed by atoms with Gasteiger partial charge in [0.1, 0.15) is 11.9 Å². The summed E-state index contributed by atoms with van der Waals surface area (Å²) in [6, 6.07) is 14.6. The number of halogens is 4. The van der Waals surface area contributed by atoms with Crippen LogP contribution in [0.1, 0.15) is 30.1 Å². The van der Waals surface area contributed by atoms with E-state index in [1.807, 2.05) is 30.3 Å². The average molecular weight is 430 g/mol. The maximum Gasteiger partial charge on any atom is 0.416 e. The minimum Gasteiger partial charge on any atom is -0.486 e. The van der Waals surface area contributed by atoms with Gasteiger partial charge in [0.25, 0.3) is 0 Å². The van der Waals surface area contributed by atoms with Crippen molar-refractivity contribution in [2.45, 2.75) is 25.1 Å². The molecule has 0 bridgehead atoms. The molecule has 0 heterocycles. The van der Waals surface area contributed by atoms with Gasteiger partial charge in [0.05, 0.1) is 5.56 Å². The minimum absolute atomic E-state index is 0.209. The summed E-state index contributed by atoms with van der Waals surface area (Å²) in [6.45, 7) is 1.82. The molecule has 2 aromatic rings. The fraction of sp³-hybridized carbons (Fsp3) is 0.400. The van der Waals surface area contributed by atoms with E-state index in [-0.39, 0.29) is 6.10 Å². The second-order valence-corrected chi connectivity index (χ2v) is 6.97. The quantitative estimate of drug-likeness (QED) is 0.457. The molecule has 2 rings (SSSR count). The van der Waals surface area contributed by atoms with E-state index >= 15 is 0 Å². The van der Waals surface area contributed by atoms with Crippen LogP contribution in [-0.2, 0) is 6.18 Å². The molecule has 0 saturated carbocycles. The lowest BCUT2D eigenvalue weighted by atomic mass is 10.1. The Labute approximate surface area is 161 Å². The van der Waals surface area contributed by atoms with E-state index in [0.717, 1.165) is 49.0 Å². The van der Waals surface area contributed by atoms with Crippen LogP contribution in [0.15, 0.2) is 54.6 Å². The van der Waals surface area contributed by atoms with Crippen LogP contribution in [0.25, 0.3) is 0 Å². The zero-order chi connectivity index (χ0) is 19.0. The van der Waals surface area contributed by atoms with Crippen LogP contribution >= 0.6 is 15.9 Å². The molecule has 0 amide bonds. The molecule has 0 aliphatic heterocycles. The van der Waals surface area contributed by atoms with Gasteiger partial charge >= 0.3 is 6.18 Å². The average Bonchev–Trinajstić information content (AvgIpc) is 2.63. The van der Waals surface area contributed by atoms with E-state index in [2.05, 4.69) is 27.9 Å². The molecule has 0 radical (unpaired) electrons. The van der Waals surface area contributed by atoms with E-state index in [1.54, 1.807) is 0 Å². The zero-order valence-electron chi connectivity index (χ0n) is 14.7. The minimum atomic E-state index is -4.34. The fourth-order valence-electron chi connectivity index (χ4n) is 2.63. The standard InChI is InChI=1S/C20H23BrF3NO/c1-25(14-5-13-21)15-12-19(16-6-3-2-4-7-16)26-18-10-8-17(9-11-18)20(22,23)24/h2-4,6-11,19H,5,12-15H2,1H3. The van der Waals surface area contributed by atoms with Gasteiger partial charge in [-0.05, 0) is 49.8 Å². The monoisotopic (exact) mass is 429 g/mol. The molecule has 0 fully saturated rings. The number of hydrogen-bond donors (Lipinski definition) is 0. The summed E-state index contributed by atoms with van der Waals surface area (Å²) in [5.41, 5.74) is 0.344. The third-order valence-electron chi connectivity index (χ3n) is 4.08. The largest absolute Gasteiger partial charge is 0.486 e. The second kappa shape index (κ2) is 9.97. The van der Waals surface area contributed by atoms with Gasteiger partial charge in [-0.25, -0.2) is 0 Å². The molecule has 0 N–H and O–H groups in total. The van der Waals surface area contributed by atoms with Crippen molar-refractivity contribution in [3.05, 3.63) is 65.7 Å². The lowest BCUT2D eigenvalue weighted by Crippen LogP contribution is -2.24. The number of hydrogen-bond acceptors (Lipinski definition) is 2. The molecule has 26 heavy (non-hydrogen) atoms. The summed E-state index contributed by atoms with van der Waals surface area (Å²) in [7, 11) is 2.06. The van der Waals surface area contributed by atoms with Crippen LogP contribution in [0.3, 0.4) is 0 Å². The smallest absolute Gasteiger partial charge is 0.416 e. The normalized spacial score (nSPS) is 13.0. The maximum atomic E-state index is 12.7. The Morgan fingerprint density at radius 1 is 1.00 bits per heavy atom. The molecule has 2 aromatic carbocycles. The highest BCUT2D eigenvalue weighted by molar-refractivity contribution is 9.09. The Morgan fingerprint density at radius 3 is 2.23 bits per heavy atom. The van der Waals surface area contributed by atoms with Crippen LogP contribution in [-0.4, -0.2) is 30.4 Å². The number of ether oxygens (including phenoxy) is 1. The number of rotatable bonds is 9. The van der Waals surface area contributed by atoms with Crippen LogP contribution in [0.4, 0.5) is 13.2 Å². The highest BCUT2D eigenvalue weighted by atomic mass is 79.9. The SMILES string of the molecule is CN(CCCBr)CCC(Oc1ccc(C(F)(F)F)cc1)c1ccccc1. The summed E-state index contributed by atoms with van der Waals surface area (Å²) >= 11 is 3.43. The van der Waals surface area contributed by atoms with Crippen molar-refractivity contribution in [2.75, 3.05) is 25.5 Å². The van der Waals surface area contributed by atoms with Gasteiger partial charge in [0.15, 0.2) is 0 Å². The Kier molecular flexibility index (Phi) is 7.97. The molecule has 0 aliphatic rings. The maximum absolute atomic E-state index is 12.7. The van der Waals surface area contributed by atoms with Crippen molar-refractivity contribution < 1.29 is 17.9 Å². The van der Waals surface area contributed by atoms with Crippen molar-refractivity contribution in [3.63, 3.8) is 0 Å². The summed E-state index contributed by atoms with van der Waals surface area (Å²) in [5.74, 6) is 0.440. The van der Waals surface area contributed by atoms with Gasteiger partial charge in [-0.3, -0.25) is 0 Å². The van der Waals surface area contributed by atoms with Crippen molar-refractivity contribution in [1.29, 1.82) is 0 Å². The van der Waals surface area contributed by atoms with E-state index in [4.69, 9.17) is 4.74 Å². The summed E-state index contributed by atoms with van der Waals surface area (Å²) in [4.78, 5) is 2.23. The Bertz CT molecular complexity index is 646. The first-order chi connectivity index (χ1) is 12.4. The van der Waals surface area contributed by atoms with Gasteiger partial charge in [0.2, 0.25) is 0 Å². The van der Waals surface area contributed by atoms with Gasteiger partial charge in [-0.15, -0.1) is 0 Å². The molecule has 1 atom stereocenters. The van der Waals surface area contributed by atoms with Gasteiger partial charge < -0.3 is 9.64 Å². The molecule has 2 nitrogen and oxygen atoms in total. The Morgan fingerprint density at radius 2 is 1.65 bits per heavy atom. The first-order valence-corrected chi connectivity index (χ1v) is 9.65. The first kappa shape index (κ1) is 20.8. The molecule has 142 valence electrons. The first-order valence-electron chi connectivity index (χ1n) is 8.53. The van der Waals surface area contributed by atoms with Crippen molar-refractivity contribution in [3.8, 4) is 5.75 Å². The van der Waals surface area contributed by atoms with E-state index < -0.39 is 11.7 Å². The third kappa shape index (κ3) is 6.65. The van der Waals surface area contributed by atoms with Gasteiger partial charge in [-0.1, -0.05) is 46.3 Å². The molecule has 1 unspecified atom stereocenters. The number of nitrogens with zero attached hydrogens (tertiary/aromatic N) is 1. The highest BCUT2D eigenvalue weighted by Crippen LogP contribution is 2.32. The third-order valence-corrected chi connectivity index (χ3v) is 4.64. The predicted octanol–water partition coefficient (Wildman–Crippen LogP) is 5.93. The lowest BCUT2D eigenvalue weighted by molar-refractivity contribution is -0.137. The zero-order valence-corrected chi connectivity index (χ0v) is 16.3. The molecular weight excluding hydrogens is 407 g/mol. The highest BCUT2D eigenvalue weighted by Gasteiger charge is 2.30. The molecule has 0 aromatic heterocycles. The van der Waals surface area contributed by atoms with Crippen molar-refractivity contribution in [2.24, 2.45) is 0 Å². The predicted molar refractivity (Wildman–Crippen MR) is 102 cm³/mol. The Hall–Kier alpha value is -1.53. The molecule has 6 heteroatoms. The number of benzene rings is 2. The fourth-order valence-corrected chi connectivity index (χ4v) is 2.88. The number of alkyl halides is 4. The van der Waals surface area contributed by atoms with E-state index in [1.165, 1.54) is 12.1 Å². The van der Waals surface area contributed by atoms with Crippen LogP contribution < -0.4 is 4.74 Å².